The lowest BCUT2D eigenvalue weighted by atomic mass is 10.2. The van der Waals surface area contributed by atoms with E-state index in [-0.39, 0.29) is 5.56 Å². The molecule has 17 heavy (non-hydrogen) atoms. The topological polar surface area (TPSA) is 75.4 Å². The maximum absolute atomic E-state index is 10.8. The summed E-state index contributed by atoms with van der Waals surface area (Å²) in [5, 5.41) is 12.0. The van der Waals surface area contributed by atoms with Crippen LogP contribution in [0.25, 0.3) is 0 Å². The smallest absolute Gasteiger partial charge is 0.339 e. The minimum Gasteiger partial charge on any atom is -0.478 e. The molecule has 0 amide bonds. The van der Waals surface area contributed by atoms with Crippen LogP contribution in [-0.2, 0) is 13.1 Å². The molecule has 2 rings (SSSR count). The van der Waals surface area contributed by atoms with Crippen LogP contribution >= 0.6 is 0 Å². The van der Waals surface area contributed by atoms with E-state index in [0.29, 0.717) is 18.8 Å². The number of aromatic nitrogens is 1. The van der Waals surface area contributed by atoms with Gasteiger partial charge in [0.1, 0.15) is 11.3 Å². The first kappa shape index (κ1) is 11.3. The van der Waals surface area contributed by atoms with E-state index in [2.05, 4.69) is 10.3 Å². The number of pyridine rings is 1. The lowest BCUT2D eigenvalue weighted by Gasteiger charge is -2.02. The molecule has 5 nitrogen and oxygen atoms in total. The maximum atomic E-state index is 10.8. The molecule has 5 heteroatoms. The van der Waals surface area contributed by atoms with E-state index in [1.807, 2.05) is 18.2 Å². The van der Waals surface area contributed by atoms with Gasteiger partial charge < -0.3 is 14.8 Å². The Labute approximate surface area is 98.1 Å². The lowest BCUT2D eigenvalue weighted by Crippen LogP contribution is -2.15. The van der Waals surface area contributed by atoms with E-state index in [1.165, 1.54) is 12.3 Å². The fourth-order valence-electron chi connectivity index (χ4n) is 1.47. The highest BCUT2D eigenvalue weighted by molar-refractivity contribution is 5.88. The average Bonchev–Trinajstić information content (AvgIpc) is 2.79. The molecule has 0 unspecified atom stereocenters. The fraction of sp³-hybridized carbons (Fsp3) is 0.167. The standard InChI is InChI=1S/C12H12N2O3/c15-12(16)10-4-6-17-11(10)8-13-7-9-3-1-2-5-14-9/h1-6,13H,7-8H2,(H,15,16). The van der Waals surface area contributed by atoms with Crippen molar-refractivity contribution in [2.45, 2.75) is 13.1 Å². The summed E-state index contributed by atoms with van der Waals surface area (Å²) in [6.07, 6.45) is 3.09. The van der Waals surface area contributed by atoms with Crippen molar-refractivity contribution in [3.05, 3.63) is 53.7 Å². The molecule has 0 aliphatic rings. The molecular weight excluding hydrogens is 220 g/mol. The van der Waals surface area contributed by atoms with Gasteiger partial charge in [-0.15, -0.1) is 0 Å². The van der Waals surface area contributed by atoms with Gasteiger partial charge in [-0.3, -0.25) is 4.98 Å². The van der Waals surface area contributed by atoms with Crippen molar-refractivity contribution < 1.29 is 14.3 Å². The monoisotopic (exact) mass is 232 g/mol. The summed E-state index contributed by atoms with van der Waals surface area (Å²) in [6.45, 7) is 0.936. The third-order valence-corrected chi connectivity index (χ3v) is 2.29. The van der Waals surface area contributed by atoms with Crippen molar-refractivity contribution in [2.24, 2.45) is 0 Å². The number of hydrogen-bond donors (Lipinski definition) is 2. The Morgan fingerprint density at radius 3 is 2.94 bits per heavy atom. The lowest BCUT2D eigenvalue weighted by molar-refractivity contribution is 0.0694. The van der Waals surface area contributed by atoms with E-state index in [4.69, 9.17) is 9.52 Å². The van der Waals surface area contributed by atoms with Crippen LogP contribution in [0.5, 0.6) is 0 Å². The van der Waals surface area contributed by atoms with Crippen molar-refractivity contribution >= 4 is 5.97 Å². The minimum atomic E-state index is -0.978. The number of carboxylic acids is 1. The Hall–Kier alpha value is -2.14. The van der Waals surface area contributed by atoms with Gasteiger partial charge in [-0.05, 0) is 18.2 Å². The second kappa shape index (κ2) is 5.27. The highest BCUT2D eigenvalue weighted by Gasteiger charge is 2.12. The first-order valence-corrected chi connectivity index (χ1v) is 5.17. The molecule has 0 fully saturated rings. The summed E-state index contributed by atoms with van der Waals surface area (Å²) in [5.41, 5.74) is 1.09. The van der Waals surface area contributed by atoms with E-state index >= 15 is 0 Å². The molecule has 0 aliphatic heterocycles. The first-order valence-electron chi connectivity index (χ1n) is 5.17. The number of furan rings is 1. The minimum absolute atomic E-state index is 0.193. The molecule has 0 atom stereocenters. The average molecular weight is 232 g/mol. The van der Waals surface area contributed by atoms with E-state index in [0.717, 1.165) is 5.69 Å². The van der Waals surface area contributed by atoms with E-state index < -0.39 is 5.97 Å². The van der Waals surface area contributed by atoms with Crippen molar-refractivity contribution in [1.29, 1.82) is 0 Å². The highest BCUT2D eigenvalue weighted by atomic mass is 16.4. The van der Waals surface area contributed by atoms with Crippen molar-refractivity contribution in [2.75, 3.05) is 0 Å². The summed E-state index contributed by atoms with van der Waals surface area (Å²) >= 11 is 0. The molecule has 2 aromatic rings. The number of rotatable bonds is 5. The van der Waals surface area contributed by atoms with Crippen LogP contribution in [0.2, 0.25) is 0 Å². The molecular formula is C12H12N2O3. The Bertz CT molecular complexity index is 493. The number of carbonyl (C=O) groups is 1. The van der Waals surface area contributed by atoms with Gasteiger partial charge in [-0.25, -0.2) is 4.79 Å². The number of carboxylic acid groups (broad SMARTS) is 1. The number of nitrogens with one attached hydrogen (secondary N) is 1. The zero-order valence-corrected chi connectivity index (χ0v) is 9.09. The summed E-state index contributed by atoms with van der Waals surface area (Å²) in [7, 11) is 0. The van der Waals surface area contributed by atoms with Gasteiger partial charge in [-0.2, -0.15) is 0 Å². The van der Waals surface area contributed by atoms with Crippen LogP contribution in [0.3, 0.4) is 0 Å². The molecule has 2 N–H and O–H groups in total. The summed E-state index contributed by atoms with van der Waals surface area (Å²) in [5.74, 6) is -0.554. The maximum Gasteiger partial charge on any atom is 0.339 e. The van der Waals surface area contributed by atoms with Crippen LogP contribution in [0, 0.1) is 0 Å². The Balaban J connectivity index is 1.90. The first-order chi connectivity index (χ1) is 8.27. The Kier molecular flexibility index (Phi) is 3.52. The van der Waals surface area contributed by atoms with Crippen LogP contribution in [0.4, 0.5) is 0 Å². The quantitative estimate of drug-likeness (QED) is 0.820. The number of aromatic carboxylic acids is 1. The van der Waals surface area contributed by atoms with Crippen LogP contribution in [-0.4, -0.2) is 16.1 Å². The molecule has 0 radical (unpaired) electrons. The third-order valence-electron chi connectivity index (χ3n) is 2.29. The zero-order valence-electron chi connectivity index (χ0n) is 9.09. The molecule has 0 saturated heterocycles. The van der Waals surface area contributed by atoms with Crippen molar-refractivity contribution in [3.63, 3.8) is 0 Å². The van der Waals surface area contributed by atoms with Crippen molar-refractivity contribution in [1.82, 2.24) is 10.3 Å². The molecule has 0 aromatic carbocycles. The molecule has 0 saturated carbocycles. The molecule has 0 spiro atoms. The number of hydrogen-bond acceptors (Lipinski definition) is 4. The molecule has 0 bridgehead atoms. The second-order valence-electron chi connectivity index (χ2n) is 3.49. The normalized spacial score (nSPS) is 10.4. The van der Waals surface area contributed by atoms with Crippen LogP contribution in [0.1, 0.15) is 21.8 Å². The third kappa shape index (κ3) is 2.92. The molecule has 2 heterocycles. The van der Waals surface area contributed by atoms with Gasteiger partial charge in [0.2, 0.25) is 0 Å². The molecule has 2 aromatic heterocycles. The van der Waals surface area contributed by atoms with Gasteiger partial charge in [-0.1, -0.05) is 6.07 Å². The molecule has 88 valence electrons. The van der Waals surface area contributed by atoms with E-state index in [9.17, 15) is 4.79 Å². The van der Waals surface area contributed by atoms with Gasteiger partial charge >= 0.3 is 5.97 Å². The summed E-state index contributed by atoms with van der Waals surface area (Å²) in [6, 6.07) is 7.09. The van der Waals surface area contributed by atoms with E-state index in [1.54, 1.807) is 6.20 Å². The largest absolute Gasteiger partial charge is 0.478 e. The predicted molar refractivity (Wildman–Crippen MR) is 60.4 cm³/mol. The van der Waals surface area contributed by atoms with Gasteiger partial charge in [0.05, 0.1) is 18.5 Å². The summed E-state index contributed by atoms with van der Waals surface area (Å²) in [4.78, 5) is 15.0. The highest BCUT2D eigenvalue weighted by Crippen LogP contribution is 2.10. The SMILES string of the molecule is O=C(O)c1ccoc1CNCc1ccccn1. The summed E-state index contributed by atoms with van der Waals surface area (Å²) < 4.78 is 5.10. The fourth-order valence-corrected chi connectivity index (χ4v) is 1.47. The Morgan fingerprint density at radius 2 is 2.24 bits per heavy atom. The zero-order chi connectivity index (χ0) is 12.1. The van der Waals surface area contributed by atoms with Crippen LogP contribution < -0.4 is 5.32 Å². The predicted octanol–water partition coefficient (Wildman–Crippen LogP) is 1.66. The second-order valence-corrected chi connectivity index (χ2v) is 3.49. The Morgan fingerprint density at radius 1 is 1.35 bits per heavy atom. The van der Waals surface area contributed by atoms with Gasteiger partial charge in [0, 0.05) is 12.7 Å². The van der Waals surface area contributed by atoms with Crippen LogP contribution in [0.15, 0.2) is 41.1 Å². The van der Waals surface area contributed by atoms with Gasteiger partial charge in [0.25, 0.3) is 0 Å². The van der Waals surface area contributed by atoms with Crippen molar-refractivity contribution in [3.8, 4) is 0 Å². The van der Waals surface area contributed by atoms with Gasteiger partial charge in [0.15, 0.2) is 0 Å². The number of nitrogens with zero attached hydrogens (tertiary/aromatic N) is 1. The molecule has 0 aliphatic carbocycles.